The second kappa shape index (κ2) is 4.14. The predicted molar refractivity (Wildman–Crippen MR) is 52.7 cm³/mol. The topological polar surface area (TPSA) is 102 Å². The van der Waals surface area contributed by atoms with Gasteiger partial charge in [0.2, 0.25) is 0 Å². The molecule has 0 radical (unpaired) electrons. The molecule has 0 saturated carbocycles. The van der Waals surface area contributed by atoms with E-state index in [1.54, 1.807) is 6.92 Å². The van der Waals surface area contributed by atoms with Crippen LogP contribution in [0.25, 0.3) is 0 Å². The fourth-order valence-corrected chi connectivity index (χ4v) is 1.22. The number of aromatic nitrogens is 1. The van der Waals surface area contributed by atoms with Crippen molar-refractivity contribution < 1.29 is 9.32 Å². The lowest BCUT2D eigenvalue weighted by atomic mass is 10.5. The Morgan fingerprint density at radius 1 is 1.79 bits per heavy atom. The molecule has 7 heteroatoms. The predicted octanol–water partition coefficient (Wildman–Crippen LogP) is 0.0166. The number of nitrogens with one attached hydrogen (secondary N) is 1. The van der Waals surface area contributed by atoms with Gasteiger partial charge >= 0.3 is 0 Å². The highest BCUT2D eigenvalue weighted by molar-refractivity contribution is 8.14. The Kier molecular flexibility index (Phi) is 3.13. The Hall–Kier alpha value is -1.50. The lowest BCUT2D eigenvalue weighted by Crippen LogP contribution is -2.24. The molecular weight excluding hydrogens is 206 g/mol. The van der Waals surface area contributed by atoms with Crippen LogP contribution in [0.5, 0.6) is 0 Å². The van der Waals surface area contributed by atoms with Crippen LogP contribution in [-0.4, -0.2) is 21.6 Å². The third kappa shape index (κ3) is 2.49. The van der Waals surface area contributed by atoms with Crippen LogP contribution < -0.4 is 11.3 Å². The molecule has 76 valence electrons. The van der Waals surface area contributed by atoms with Gasteiger partial charge in [0.1, 0.15) is 5.76 Å². The highest BCUT2D eigenvalue weighted by Crippen LogP contribution is 2.00. The van der Waals surface area contributed by atoms with Crippen molar-refractivity contribution in [3.05, 3.63) is 22.2 Å². The van der Waals surface area contributed by atoms with Gasteiger partial charge in [-0.15, -0.1) is 4.74 Å². The van der Waals surface area contributed by atoms with Crippen molar-refractivity contribution in [1.82, 2.24) is 4.74 Å². The molecule has 1 heterocycles. The van der Waals surface area contributed by atoms with Crippen LogP contribution in [0.3, 0.4) is 0 Å². The molecule has 0 aliphatic carbocycles. The van der Waals surface area contributed by atoms with Crippen LogP contribution in [0.2, 0.25) is 0 Å². The lowest BCUT2D eigenvalue weighted by molar-refractivity contribution is 0.0813. The van der Waals surface area contributed by atoms with Crippen molar-refractivity contribution in [2.75, 3.05) is 5.75 Å². The lowest BCUT2D eigenvalue weighted by Gasteiger charge is -1.97. The minimum atomic E-state index is -0.525. The molecule has 6 nitrogen and oxygen atoms in total. The molecule has 0 unspecified atom stereocenters. The Labute approximate surface area is 83.5 Å². The second-order valence-electron chi connectivity index (χ2n) is 2.53. The molecule has 14 heavy (non-hydrogen) atoms. The van der Waals surface area contributed by atoms with Gasteiger partial charge in [-0.05, 0) is 6.92 Å². The summed E-state index contributed by atoms with van der Waals surface area (Å²) in [6.07, 6.45) is 0. The first-order chi connectivity index (χ1) is 6.50. The van der Waals surface area contributed by atoms with Crippen molar-refractivity contribution >= 4 is 22.8 Å². The summed E-state index contributed by atoms with van der Waals surface area (Å²) >= 11 is 0.844. The first-order valence-corrected chi connectivity index (χ1v) is 4.69. The molecule has 1 aromatic heterocycles. The van der Waals surface area contributed by atoms with Crippen molar-refractivity contribution in [1.29, 1.82) is 5.41 Å². The molecule has 1 rings (SSSR count). The molecule has 0 bridgehead atoms. The zero-order chi connectivity index (χ0) is 10.7. The zero-order valence-corrected chi connectivity index (χ0v) is 8.26. The smallest absolute Gasteiger partial charge is 0.290 e. The summed E-state index contributed by atoms with van der Waals surface area (Å²) in [5, 5.41) is 6.71. The van der Waals surface area contributed by atoms with E-state index in [-0.39, 0.29) is 10.9 Å². The van der Waals surface area contributed by atoms with Crippen LogP contribution >= 0.6 is 11.8 Å². The Balaban J connectivity index is 2.75. The third-order valence-electron chi connectivity index (χ3n) is 1.34. The summed E-state index contributed by atoms with van der Waals surface area (Å²) in [6.45, 7) is 1.57. The number of carbonyl (C=O) groups is 1. The molecule has 1 aromatic rings. The van der Waals surface area contributed by atoms with E-state index >= 15 is 0 Å². The van der Waals surface area contributed by atoms with Gasteiger partial charge in [-0.3, -0.25) is 15.0 Å². The Morgan fingerprint density at radius 2 is 2.43 bits per heavy atom. The van der Waals surface area contributed by atoms with E-state index in [0.29, 0.717) is 10.5 Å². The number of thioether (sulfide) groups is 1. The normalized spacial score (nSPS) is 10.1. The molecule has 0 atom stereocenters. The maximum absolute atomic E-state index is 11.3. The van der Waals surface area contributed by atoms with Gasteiger partial charge in [-0.1, -0.05) is 11.8 Å². The summed E-state index contributed by atoms with van der Waals surface area (Å²) in [6, 6.07) is 1.22. The molecule has 0 spiro atoms. The molecule has 0 amide bonds. The molecular formula is C7H9N3O3S. The summed E-state index contributed by atoms with van der Waals surface area (Å²) in [5.41, 5.74) is 4.54. The van der Waals surface area contributed by atoms with Gasteiger partial charge in [0.15, 0.2) is 5.17 Å². The molecule has 0 aromatic carbocycles. The SMILES string of the molecule is Cc1cc(=O)n(C(=O)CSC(=N)N)o1. The number of amidine groups is 1. The van der Waals surface area contributed by atoms with Crippen molar-refractivity contribution in [2.45, 2.75) is 6.92 Å². The van der Waals surface area contributed by atoms with Gasteiger partial charge in [-0.25, -0.2) is 0 Å². The molecule has 0 fully saturated rings. The number of nitrogens with two attached hydrogens (primary N) is 1. The molecule has 0 aliphatic rings. The summed E-state index contributed by atoms with van der Waals surface area (Å²) < 4.78 is 5.50. The quantitative estimate of drug-likeness (QED) is 0.534. The highest BCUT2D eigenvalue weighted by atomic mass is 32.2. The van der Waals surface area contributed by atoms with E-state index in [1.165, 1.54) is 6.07 Å². The van der Waals surface area contributed by atoms with Crippen LogP contribution in [0, 0.1) is 12.3 Å². The second-order valence-corrected chi connectivity index (χ2v) is 3.54. The van der Waals surface area contributed by atoms with E-state index in [2.05, 4.69) is 0 Å². The fraction of sp³-hybridized carbons (Fsp3) is 0.286. The van der Waals surface area contributed by atoms with E-state index < -0.39 is 11.5 Å². The van der Waals surface area contributed by atoms with Crippen molar-refractivity contribution in [3.8, 4) is 0 Å². The Bertz CT molecular complexity index is 420. The van der Waals surface area contributed by atoms with E-state index in [0.717, 1.165) is 11.8 Å². The maximum Gasteiger partial charge on any atom is 0.290 e. The van der Waals surface area contributed by atoms with Gasteiger partial charge in [0.05, 0.1) is 5.75 Å². The highest BCUT2D eigenvalue weighted by Gasteiger charge is 2.11. The zero-order valence-electron chi connectivity index (χ0n) is 7.44. The third-order valence-corrected chi connectivity index (χ3v) is 2.04. The first kappa shape index (κ1) is 10.6. The summed E-state index contributed by atoms with van der Waals surface area (Å²) in [4.78, 5) is 22.4. The van der Waals surface area contributed by atoms with Gasteiger partial charge in [-0.2, -0.15) is 0 Å². The summed E-state index contributed by atoms with van der Waals surface area (Å²) in [5.74, 6) is -0.234. The largest absolute Gasteiger partial charge is 0.379 e. The first-order valence-electron chi connectivity index (χ1n) is 3.70. The van der Waals surface area contributed by atoms with Gasteiger partial charge in [0, 0.05) is 6.07 Å². The molecule has 3 N–H and O–H groups in total. The fourth-order valence-electron chi connectivity index (χ4n) is 0.820. The average molecular weight is 215 g/mol. The maximum atomic E-state index is 11.3. The number of rotatable bonds is 2. The minimum absolute atomic E-state index is 0.0812. The van der Waals surface area contributed by atoms with Crippen LogP contribution in [0.1, 0.15) is 10.6 Å². The minimum Gasteiger partial charge on any atom is -0.379 e. The number of nitrogens with zero attached hydrogens (tertiary/aromatic N) is 1. The number of carbonyl (C=O) groups excluding carboxylic acids is 1. The van der Waals surface area contributed by atoms with Crippen LogP contribution in [0.4, 0.5) is 0 Å². The number of hydrogen-bond donors (Lipinski definition) is 2. The summed E-state index contributed by atoms with van der Waals surface area (Å²) in [7, 11) is 0. The van der Waals surface area contributed by atoms with Gasteiger partial charge < -0.3 is 10.3 Å². The van der Waals surface area contributed by atoms with Crippen LogP contribution in [0.15, 0.2) is 15.4 Å². The van der Waals surface area contributed by atoms with E-state index in [9.17, 15) is 9.59 Å². The molecule has 0 aliphatic heterocycles. The number of hydrogen-bond acceptors (Lipinski definition) is 5. The van der Waals surface area contributed by atoms with Gasteiger partial charge in [0.25, 0.3) is 11.5 Å². The van der Waals surface area contributed by atoms with Crippen molar-refractivity contribution in [3.63, 3.8) is 0 Å². The van der Waals surface area contributed by atoms with Crippen LogP contribution in [-0.2, 0) is 0 Å². The standard InChI is InChI=1S/C7H9N3O3S/c1-4-2-5(11)10(13-4)6(12)3-14-7(8)9/h2H,3H2,1H3,(H3,8,9). The monoisotopic (exact) mass is 215 g/mol. The van der Waals surface area contributed by atoms with Crippen molar-refractivity contribution in [2.24, 2.45) is 5.73 Å². The molecule has 0 saturated heterocycles. The van der Waals surface area contributed by atoms with E-state index in [1.807, 2.05) is 0 Å². The Morgan fingerprint density at radius 3 is 2.86 bits per heavy atom. The number of aryl methyl sites for hydroxylation is 1. The average Bonchev–Trinajstić information content (AvgIpc) is 2.41. The van der Waals surface area contributed by atoms with E-state index in [4.69, 9.17) is 15.7 Å².